The molecule has 0 saturated carbocycles. The van der Waals surface area contributed by atoms with Gasteiger partial charge in [-0.05, 0) is 83.7 Å². The second-order valence-corrected chi connectivity index (χ2v) is 8.57. The van der Waals surface area contributed by atoms with E-state index in [9.17, 15) is 9.90 Å². The SMILES string of the molecule is CC(O)CNC(=O)C1CCN(C2CCN(CCCc3ccccc3)CC2)CC1. The fourth-order valence-corrected chi connectivity index (χ4v) is 4.58. The molecule has 0 spiro atoms. The Hall–Kier alpha value is -1.43. The van der Waals surface area contributed by atoms with Gasteiger partial charge in [0, 0.05) is 18.5 Å². The number of aryl methyl sites for hydroxylation is 1. The van der Waals surface area contributed by atoms with E-state index in [0.717, 1.165) is 25.9 Å². The van der Waals surface area contributed by atoms with Crippen molar-refractivity contribution < 1.29 is 9.90 Å². The summed E-state index contributed by atoms with van der Waals surface area (Å²) in [7, 11) is 0. The van der Waals surface area contributed by atoms with Crippen molar-refractivity contribution in [2.75, 3.05) is 39.3 Å². The molecule has 2 fully saturated rings. The first kappa shape index (κ1) is 21.3. The second-order valence-electron chi connectivity index (χ2n) is 8.57. The highest BCUT2D eigenvalue weighted by Gasteiger charge is 2.30. The smallest absolute Gasteiger partial charge is 0.223 e. The number of nitrogens with one attached hydrogen (secondary N) is 1. The van der Waals surface area contributed by atoms with Crippen molar-refractivity contribution in [3.05, 3.63) is 35.9 Å². The number of carbonyl (C=O) groups is 1. The molecular weight excluding hydrogens is 350 g/mol. The maximum atomic E-state index is 12.2. The summed E-state index contributed by atoms with van der Waals surface area (Å²) in [5, 5.41) is 12.2. The topological polar surface area (TPSA) is 55.8 Å². The summed E-state index contributed by atoms with van der Waals surface area (Å²) in [6.45, 7) is 7.74. The van der Waals surface area contributed by atoms with Crippen molar-refractivity contribution in [1.82, 2.24) is 15.1 Å². The number of hydrogen-bond donors (Lipinski definition) is 2. The van der Waals surface area contributed by atoms with Crippen LogP contribution in [0.4, 0.5) is 0 Å². The average molecular weight is 388 g/mol. The van der Waals surface area contributed by atoms with Crippen LogP contribution < -0.4 is 5.32 Å². The van der Waals surface area contributed by atoms with Crippen LogP contribution in [-0.2, 0) is 11.2 Å². The molecule has 1 amide bonds. The van der Waals surface area contributed by atoms with Crippen LogP contribution in [-0.4, -0.2) is 72.2 Å². The van der Waals surface area contributed by atoms with Gasteiger partial charge >= 0.3 is 0 Å². The Bertz CT molecular complexity index is 577. The Balaban J connectivity index is 1.30. The summed E-state index contributed by atoms with van der Waals surface area (Å²) < 4.78 is 0. The second kappa shape index (κ2) is 10.9. The number of likely N-dealkylation sites (tertiary alicyclic amines) is 2. The zero-order valence-corrected chi connectivity index (χ0v) is 17.4. The number of amides is 1. The number of carbonyl (C=O) groups excluding carboxylic acids is 1. The molecule has 156 valence electrons. The van der Waals surface area contributed by atoms with Crippen molar-refractivity contribution >= 4 is 5.91 Å². The van der Waals surface area contributed by atoms with E-state index < -0.39 is 6.10 Å². The molecule has 0 aromatic heterocycles. The molecule has 5 nitrogen and oxygen atoms in total. The van der Waals surface area contributed by atoms with E-state index in [1.807, 2.05) is 0 Å². The van der Waals surface area contributed by atoms with Crippen molar-refractivity contribution in [2.45, 2.75) is 57.6 Å². The lowest BCUT2D eigenvalue weighted by molar-refractivity contribution is -0.127. The van der Waals surface area contributed by atoms with Crippen LogP contribution in [0.15, 0.2) is 30.3 Å². The minimum Gasteiger partial charge on any atom is -0.392 e. The molecule has 0 bridgehead atoms. The van der Waals surface area contributed by atoms with Gasteiger partial charge < -0.3 is 20.2 Å². The van der Waals surface area contributed by atoms with Gasteiger partial charge in [-0.3, -0.25) is 4.79 Å². The van der Waals surface area contributed by atoms with Crippen LogP contribution in [0.2, 0.25) is 0 Å². The van der Waals surface area contributed by atoms with E-state index in [-0.39, 0.29) is 11.8 Å². The maximum Gasteiger partial charge on any atom is 0.223 e. The fraction of sp³-hybridized carbons (Fsp3) is 0.696. The Morgan fingerprint density at radius 2 is 1.79 bits per heavy atom. The highest BCUT2D eigenvalue weighted by Crippen LogP contribution is 2.24. The minimum atomic E-state index is -0.470. The molecule has 0 aliphatic carbocycles. The summed E-state index contributed by atoms with van der Waals surface area (Å²) in [4.78, 5) is 17.4. The number of hydrogen-bond acceptors (Lipinski definition) is 4. The molecule has 3 rings (SSSR count). The van der Waals surface area contributed by atoms with Crippen molar-refractivity contribution in [1.29, 1.82) is 0 Å². The molecule has 2 N–H and O–H groups in total. The summed E-state index contributed by atoms with van der Waals surface area (Å²) in [6.07, 6.45) is 6.34. The maximum absolute atomic E-state index is 12.2. The highest BCUT2D eigenvalue weighted by molar-refractivity contribution is 5.78. The van der Waals surface area contributed by atoms with Crippen LogP contribution in [0, 0.1) is 5.92 Å². The molecular formula is C23H37N3O2. The number of piperidine rings is 2. The van der Waals surface area contributed by atoms with Gasteiger partial charge in [-0.2, -0.15) is 0 Å². The van der Waals surface area contributed by atoms with Crippen LogP contribution in [0.5, 0.6) is 0 Å². The predicted octanol–water partition coefficient (Wildman–Crippen LogP) is 2.29. The van der Waals surface area contributed by atoms with Crippen LogP contribution in [0.1, 0.15) is 44.6 Å². The molecule has 2 aliphatic rings. The molecule has 0 radical (unpaired) electrons. The molecule has 2 aliphatic heterocycles. The standard InChI is InChI=1S/C23H37N3O2/c1-19(27)18-24-23(28)21-9-16-26(17-10-21)22-11-14-25(15-12-22)13-5-8-20-6-3-2-4-7-20/h2-4,6-7,19,21-22,27H,5,8-18H2,1H3,(H,24,28). The van der Waals surface area contributed by atoms with Crippen molar-refractivity contribution in [3.63, 3.8) is 0 Å². The molecule has 1 aromatic carbocycles. The van der Waals surface area contributed by atoms with E-state index in [0.29, 0.717) is 12.6 Å². The molecule has 2 saturated heterocycles. The van der Waals surface area contributed by atoms with Crippen LogP contribution in [0.25, 0.3) is 0 Å². The zero-order chi connectivity index (χ0) is 19.8. The monoisotopic (exact) mass is 387 g/mol. The number of aliphatic hydroxyl groups is 1. The molecule has 5 heteroatoms. The molecule has 1 unspecified atom stereocenters. The Labute approximate surface area is 170 Å². The first-order valence-electron chi connectivity index (χ1n) is 11.1. The summed E-state index contributed by atoms with van der Waals surface area (Å²) in [5.74, 6) is 0.238. The van der Waals surface area contributed by atoms with E-state index >= 15 is 0 Å². The summed E-state index contributed by atoms with van der Waals surface area (Å²) in [5.41, 5.74) is 1.44. The molecule has 1 aromatic rings. The summed E-state index contributed by atoms with van der Waals surface area (Å²) >= 11 is 0. The van der Waals surface area contributed by atoms with E-state index in [4.69, 9.17) is 0 Å². The van der Waals surface area contributed by atoms with Crippen LogP contribution >= 0.6 is 0 Å². The van der Waals surface area contributed by atoms with Gasteiger partial charge in [0.15, 0.2) is 0 Å². The van der Waals surface area contributed by atoms with Crippen LogP contribution in [0.3, 0.4) is 0 Å². The largest absolute Gasteiger partial charge is 0.392 e. The van der Waals surface area contributed by atoms with Gasteiger partial charge in [0.2, 0.25) is 5.91 Å². The zero-order valence-electron chi connectivity index (χ0n) is 17.4. The third kappa shape index (κ3) is 6.57. The fourth-order valence-electron chi connectivity index (χ4n) is 4.58. The lowest BCUT2D eigenvalue weighted by Gasteiger charge is -2.41. The van der Waals surface area contributed by atoms with Gasteiger partial charge in [-0.25, -0.2) is 0 Å². The number of nitrogens with zero attached hydrogens (tertiary/aromatic N) is 2. The van der Waals surface area contributed by atoms with E-state index in [2.05, 4.69) is 45.4 Å². The van der Waals surface area contributed by atoms with Gasteiger partial charge in [0.1, 0.15) is 0 Å². The molecule has 2 heterocycles. The minimum absolute atomic E-state index is 0.119. The highest BCUT2D eigenvalue weighted by atomic mass is 16.3. The van der Waals surface area contributed by atoms with E-state index in [1.165, 1.54) is 50.9 Å². The third-order valence-corrected chi connectivity index (χ3v) is 6.33. The van der Waals surface area contributed by atoms with Gasteiger partial charge in [-0.15, -0.1) is 0 Å². The lowest BCUT2D eigenvalue weighted by atomic mass is 9.92. The first-order valence-corrected chi connectivity index (χ1v) is 11.1. The van der Waals surface area contributed by atoms with Crippen molar-refractivity contribution in [3.8, 4) is 0 Å². The predicted molar refractivity (Wildman–Crippen MR) is 113 cm³/mol. The number of benzene rings is 1. The Morgan fingerprint density at radius 3 is 2.43 bits per heavy atom. The van der Waals surface area contributed by atoms with Gasteiger partial charge in [0.25, 0.3) is 0 Å². The lowest BCUT2D eigenvalue weighted by Crippen LogP contribution is -2.49. The normalized spacial score (nSPS) is 21.5. The van der Waals surface area contributed by atoms with Crippen molar-refractivity contribution in [2.24, 2.45) is 5.92 Å². The van der Waals surface area contributed by atoms with E-state index in [1.54, 1.807) is 6.92 Å². The average Bonchev–Trinajstić information content (AvgIpc) is 2.73. The number of aliphatic hydroxyl groups excluding tert-OH is 1. The van der Waals surface area contributed by atoms with Gasteiger partial charge in [0.05, 0.1) is 6.10 Å². The Morgan fingerprint density at radius 1 is 1.11 bits per heavy atom. The molecule has 28 heavy (non-hydrogen) atoms. The first-order chi connectivity index (χ1) is 13.6. The quantitative estimate of drug-likeness (QED) is 0.719. The third-order valence-electron chi connectivity index (χ3n) is 6.33. The van der Waals surface area contributed by atoms with Gasteiger partial charge in [-0.1, -0.05) is 30.3 Å². The summed E-state index contributed by atoms with van der Waals surface area (Å²) in [6, 6.07) is 11.5. The molecule has 1 atom stereocenters. The Kier molecular flexibility index (Phi) is 8.31. The number of rotatable bonds is 8.